The number of rotatable bonds is 5. The monoisotopic (exact) mass is 342 g/mol. The lowest BCUT2D eigenvalue weighted by atomic mass is 10.2. The maximum absolute atomic E-state index is 12.3. The van der Waals surface area contributed by atoms with Gasteiger partial charge in [-0.15, -0.1) is 11.3 Å². The van der Waals surface area contributed by atoms with Gasteiger partial charge in [0.05, 0.1) is 12.3 Å². The van der Waals surface area contributed by atoms with Gasteiger partial charge in [0.2, 0.25) is 5.91 Å². The Labute approximate surface area is 147 Å². The highest BCUT2D eigenvalue weighted by atomic mass is 32.1. The summed E-state index contributed by atoms with van der Waals surface area (Å²) in [4.78, 5) is 17.6. The lowest BCUT2D eigenvalue weighted by molar-refractivity contribution is -0.126. The number of para-hydroxylation sites is 2. The zero-order chi connectivity index (χ0) is 16.8. The summed E-state index contributed by atoms with van der Waals surface area (Å²) in [7, 11) is 0. The molecule has 3 rings (SSSR count). The van der Waals surface area contributed by atoms with Crippen molar-refractivity contribution in [2.45, 2.75) is 6.92 Å². The normalized spacial score (nSPS) is 15.0. The number of thiophene rings is 1. The predicted molar refractivity (Wildman–Crippen MR) is 99.8 cm³/mol. The summed E-state index contributed by atoms with van der Waals surface area (Å²) in [6.45, 7) is 5.75. The van der Waals surface area contributed by atoms with Gasteiger partial charge in [-0.05, 0) is 36.6 Å². The van der Waals surface area contributed by atoms with Gasteiger partial charge in [-0.1, -0.05) is 18.2 Å². The van der Waals surface area contributed by atoms with Crippen LogP contribution in [0.5, 0.6) is 5.75 Å². The molecule has 0 N–H and O–H groups in total. The van der Waals surface area contributed by atoms with Gasteiger partial charge in [0.25, 0.3) is 0 Å². The third-order valence-electron chi connectivity index (χ3n) is 4.03. The molecule has 126 valence electrons. The molecule has 5 heteroatoms. The molecule has 4 nitrogen and oxygen atoms in total. The molecule has 2 aromatic rings. The van der Waals surface area contributed by atoms with E-state index in [2.05, 4.69) is 11.0 Å². The van der Waals surface area contributed by atoms with E-state index >= 15 is 0 Å². The van der Waals surface area contributed by atoms with E-state index in [1.165, 1.54) is 0 Å². The molecule has 1 fully saturated rings. The predicted octanol–water partition coefficient (Wildman–Crippen LogP) is 3.51. The van der Waals surface area contributed by atoms with E-state index in [4.69, 9.17) is 4.74 Å². The number of benzene rings is 1. The molecule has 1 aromatic heterocycles. The molecule has 0 spiro atoms. The van der Waals surface area contributed by atoms with Crippen molar-refractivity contribution in [1.29, 1.82) is 0 Å². The number of piperazine rings is 1. The molecule has 1 aromatic carbocycles. The van der Waals surface area contributed by atoms with Gasteiger partial charge in [-0.25, -0.2) is 0 Å². The topological polar surface area (TPSA) is 32.8 Å². The van der Waals surface area contributed by atoms with Gasteiger partial charge >= 0.3 is 0 Å². The van der Waals surface area contributed by atoms with Crippen LogP contribution in [0.4, 0.5) is 5.69 Å². The summed E-state index contributed by atoms with van der Waals surface area (Å²) >= 11 is 1.64. The second-order valence-electron chi connectivity index (χ2n) is 5.56. The Morgan fingerprint density at radius 1 is 1.17 bits per heavy atom. The summed E-state index contributed by atoms with van der Waals surface area (Å²) in [5.74, 6) is 0.999. The molecule has 1 saturated heterocycles. The van der Waals surface area contributed by atoms with Gasteiger partial charge in [-0.3, -0.25) is 4.79 Å². The van der Waals surface area contributed by atoms with Crippen molar-refractivity contribution in [3.8, 4) is 5.75 Å². The summed E-state index contributed by atoms with van der Waals surface area (Å²) in [6, 6.07) is 12.1. The molecule has 2 heterocycles. The summed E-state index contributed by atoms with van der Waals surface area (Å²) in [5, 5.41) is 2.01. The first-order chi connectivity index (χ1) is 11.8. The lowest BCUT2D eigenvalue weighted by Gasteiger charge is -2.36. The van der Waals surface area contributed by atoms with Crippen LogP contribution >= 0.6 is 11.3 Å². The fraction of sp³-hybridized carbons (Fsp3) is 0.316. The zero-order valence-electron chi connectivity index (χ0n) is 13.9. The summed E-state index contributed by atoms with van der Waals surface area (Å²) in [6.07, 6.45) is 3.57. The average Bonchev–Trinajstić information content (AvgIpc) is 3.14. The number of amides is 1. The van der Waals surface area contributed by atoms with Gasteiger partial charge in [0, 0.05) is 37.1 Å². The van der Waals surface area contributed by atoms with E-state index < -0.39 is 0 Å². The number of ether oxygens (including phenoxy) is 1. The van der Waals surface area contributed by atoms with E-state index in [-0.39, 0.29) is 5.91 Å². The maximum Gasteiger partial charge on any atom is 0.246 e. The first kappa shape index (κ1) is 16.6. The molecule has 1 amide bonds. The van der Waals surface area contributed by atoms with Gasteiger partial charge < -0.3 is 14.5 Å². The molecule has 0 atom stereocenters. The van der Waals surface area contributed by atoms with Crippen molar-refractivity contribution in [3.05, 3.63) is 52.7 Å². The van der Waals surface area contributed by atoms with E-state index in [1.807, 2.05) is 53.6 Å². The second-order valence-corrected chi connectivity index (χ2v) is 6.54. The molecule has 0 radical (unpaired) electrons. The molecular weight excluding hydrogens is 320 g/mol. The Balaban J connectivity index is 1.59. The third-order valence-corrected chi connectivity index (χ3v) is 4.87. The zero-order valence-corrected chi connectivity index (χ0v) is 14.7. The van der Waals surface area contributed by atoms with Crippen molar-refractivity contribution >= 4 is 29.0 Å². The molecule has 0 bridgehead atoms. The fourth-order valence-corrected chi connectivity index (χ4v) is 3.43. The van der Waals surface area contributed by atoms with Crippen LogP contribution in [0.3, 0.4) is 0 Å². The van der Waals surface area contributed by atoms with Crippen LogP contribution in [0.25, 0.3) is 6.08 Å². The molecule has 1 aliphatic rings. The van der Waals surface area contributed by atoms with Gasteiger partial charge in [0.1, 0.15) is 5.75 Å². The van der Waals surface area contributed by atoms with Crippen LogP contribution < -0.4 is 9.64 Å². The van der Waals surface area contributed by atoms with Crippen LogP contribution in [0.2, 0.25) is 0 Å². The number of carbonyl (C=O) groups is 1. The fourth-order valence-electron chi connectivity index (χ4n) is 2.81. The minimum absolute atomic E-state index is 0.0844. The Kier molecular flexibility index (Phi) is 5.54. The number of hydrogen-bond acceptors (Lipinski definition) is 4. The van der Waals surface area contributed by atoms with Crippen LogP contribution in [-0.4, -0.2) is 43.6 Å². The van der Waals surface area contributed by atoms with Crippen molar-refractivity contribution in [3.63, 3.8) is 0 Å². The quantitative estimate of drug-likeness (QED) is 0.780. The van der Waals surface area contributed by atoms with Crippen LogP contribution in [0.1, 0.15) is 11.8 Å². The van der Waals surface area contributed by atoms with Crippen LogP contribution in [-0.2, 0) is 4.79 Å². The third kappa shape index (κ3) is 3.97. The van der Waals surface area contributed by atoms with Crippen LogP contribution in [0.15, 0.2) is 47.9 Å². The van der Waals surface area contributed by atoms with E-state index in [0.29, 0.717) is 6.61 Å². The maximum atomic E-state index is 12.3. The van der Waals surface area contributed by atoms with Crippen molar-refractivity contribution in [2.24, 2.45) is 0 Å². The van der Waals surface area contributed by atoms with E-state index in [1.54, 1.807) is 17.4 Å². The highest BCUT2D eigenvalue weighted by Gasteiger charge is 2.21. The SMILES string of the molecule is CCOc1ccccc1N1CCN(C(=O)/C=C/c2cccs2)CC1. The van der Waals surface area contributed by atoms with Crippen LogP contribution in [0, 0.1) is 0 Å². The van der Waals surface area contributed by atoms with Crippen molar-refractivity contribution in [1.82, 2.24) is 4.90 Å². The van der Waals surface area contributed by atoms with E-state index in [9.17, 15) is 4.79 Å². The number of hydrogen-bond donors (Lipinski definition) is 0. The number of carbonyl (C=O) groups excluding carboxylic acids is 1. The minimum atomic E-state index is 0.0844. The smallest absolute Gasteiger partial charge is 0.246 e. The average molecular weight is 342 g/mol. The first-order valence-electron chi connectivity index (χ1n) is 8.25. The molecule has 0 aliphatic carbocycles. The lowest BCUT2D eigenvalue weighted by Crippen LogP contribution is -2.48. The largest absolute Gasteiger partial charge is 0.492 e. The molecular formula is C19H22N2O2S. The summed E-state index contributed by atoms with van der Waals surface area (Å²) in [5.41, 5.74) is 1.11. The standard InChI is InChI=1S/C19H22N2O2S/c1-2-23-18-8-4-3-7-17(18)20-11-13-21(14-12-20)19(22)10-9-16-6-5-15-24-16/h3-10,15H,2,11-14H2,1H3/b10-9+. The van der Waals surface area contributed by atoms with Gasteiger partial charge in [0.15, 0.2) is 0 Å². The van der Waals surface area contributed by atoms with Crippen molar-refractivity contribution in [2.75, 3.05) is 37.7 Å². The Hall–Kier alpha value is -2.27. The highest BCUT2D eigenvalue weighted by Crippen LogP contribution is 2.28. The molecule has 1 aliphatic heterocycles. The number of nitrogens with zero attached hydrogens (tertiary/aromatic N) is 2. The van der Waals surface area contributed by atoms with E-state index in [0.717, 1.165) is 42.5 Å². The highest BCUT2D eigenvalue weighted by molar-refractivity contribution is 7.10. The van der Waals surface area contributed by atoms with Gasteiger partial charge in [-0.2, -0.15) is 0 Å². The second kappa shape index (κ2) is 8.02. The molecule has 0 unspecified atom stereocenters. The first-order valence-corrected chi connectivity index (χ1v) is 9.13. The Bertz CT molecular complexity index is 689. The summed E-state index contributed by atoms with van der Waals surface area (Å²) < 4.78 is 5.71. The minimum Gasteiger partial charge on any atom is -0.492 e. The Morgan fingerprint density at radius 3 is 2.67 bits per heavy atom. The Morgan fingerprint density at radius 2 is 1.96 bits per heavy atom. The number of anilines is 1. The molecule has 24 heavy (non-hydrogen) atoms. The molecule has 0 saturated carbocycles. The van der Waals surface area contributed by atoms with Crippen molar-refractivity contribution < 1.29 is 9.53 Å².